The number of fused-ring (bicyclic) bond motifs is 1. The number of allylic oxidation sites excluding steroid dienone is 1. The van der Waals surface area contributed by atoms with Gasteiger partial charge in [0.05, 0.1) is 0 Å². The van der Waals surface area contributed by atoms with Gasteiger partial charge >= 0.3 is 11.8 Å². The maximum absolute atomic E-state index is 13.2. The highest BCUT2D eigenvalue weighted by molar-refractivity contribution is 5.78. The molecule has 80 valence electrons. The molecule has 0 N–H and O–H groups in total. The van der Waals surface area contributed by atoms with Crippen molar-refractivity contribution in [3.8, 4) is 0 Å². The third kappa shape index (κ3) is 1.06. The van der Waals surface area contributed by atoms with Gasteiger partial charge in [0.1, 0.15) is 5.82 Å². The van der Waals surface area contributed by atoms with E-state index in [1.807, 2.05) is 0 Å². The average Bonchev–Trinajstić information content (AvgIpc) is 2.26. The number of rotatable bonds is 0. The van der Waals surface area contributed by atoms with Crippen molar-refractivity contribution in [1.29, 1.82) is 0 Å². The maximum atomic E-state index is 13.2. The van der Waals surface area contributed by atoms with Crippen molar-refractivity contribution in [1.82, 2.24) is 0 Å². The highest BCUT2D eigenvalue weighted by atomic mass is 19.3. The molecule has 2 rings (SSSR count). The SMILES string of the molecule is C=C1c2cc(F)ccc2C(F)(F)C1(F)F. The number of halogens is 5. The Balaban J connectivity index is 2.74. The summed E-state index contributed by atoms with van der Waals surface area (Å²) < 4.78 is 65.2. The number of hydrogen-bond donors (Lipinski definition) is 0. The van der Waals surface area contributed by atoms with Gasteiger partial charge in [0.25, 0.3) is 0 Å². The molecule has 0 saturated carbocycles. The highest BCUT2D eigenvalue weighted by Crippen LogP contribution is 2.57. The first kappa shape index (κ1) is 10.1. The van der Waals surface area contributed by atoms with Gasteiger partial charge in [-0.1, -0.05) is 6.58 Å². The molecule has 1 aliphatic rings. The molecule has 5 heteroatoms. The van der Waals surface area contributed by atoms with E-state index >= 15 is 0 Å². The van der Waals surface area contributed by atoms with Crippen molar-refractivity contribution in [2.45, 2.75) is 11.8 Å². The van der Waals surface area contributed by atoms with E-state index in [9.17, 15) is 22.0 Å². The van der Waals surface area contributed by atoms with E-state index in [4.69, 9.17) is 0 Å². The first-order valence-corrected chi connectivity index (χ1v) is 4.04. The van der Waals surface area contributed by atoms with Crippen LogP contribution < -0.4 is 0 Å². The van der Waals surface area contributed by atoms with Crippen LogP contribution in [-0.2, 0) is 5.92 Å². The van der Waals surface area contributed by atoms with Crippen molar-refractivity contribution < 1.29 is 22.0 Å². The van der Waals surface area contributed by atoms with Gasteiger partial charge < -0.3 is 0 Å². The summed E-state index contributed by atoms with van der Waals surface area (Å²) in [6, 6.07) is 2.03. The lowest BCUT2D eigenvalue weighted by molar-refractivity contribution is -0.172. The van der Waals surface area contributed by atoms with Crippen LogP contribution in [0.15, 0.2) is 24.8 Å². The Morgan fingerprint density at radius 2 is 1.60 bits per heavy atom. The summed E-state index contributed by atoms with van der Waals surface area (Å²) in [4.78, 5) is 0. The van der Waals surface area contributed by atoms with E-state index in [0.29, 0.717) is 12.1 Å². The van der Waals surface area contributed by atoms with Crippen LogP contribution in [0.1, 0.15) is 11.1 Å². The summed E-state index contributed by atoms with van der Waals surface area (Å²) in [5, 5.41) is 0. The number of alkyl halides is 4. The monoisotopic (exact) mass is 220 g/mol. The highest BCUT2D eigenvalue weighted by Gasteiger charge is 2.65. The molecule has 0 spiro atoms. The van der Waals surface area contributed by atoms with Crippen LogP contribution in [0.4, 0.5) is 22.0 Å². The summed E-state index contributed by atoms with van der Waals surface area (Å²) in [5.74, 6) is -9.50. The molecule has 0 bridgehead atoms. The second kappa shape index (κ2) is 2.59. The molecule has 1 aromatic carbocycles. The molecule has 0 aromatic heterocycles. The zero-order chi connectivity index (χ0) is 11.4. The summed E-state index contributed by atoms with van der Waals surface area (Å²) >= 11 is 0. The maximum Gasteiger partial charge on any atom is 0.340 e. The molecule has 0 heterocycles. The van der Waals surface area contributed by atoms with Gasteiger partial charge in [-0.2, -0.15) is 17.6 Å². The van der Waals surface area contributed by atoms with E-state index in [0.717, 1.165) is 6.07 Å². The van der Waals surface area contributed by atoms with Crippen molar-refractivity contribution in [2.24, 2.45) is 0 Å². The lowest BCUT2D eigenvalue weighted by atomic mass is 10.1. The van der Waals surface area contributed by atoms with Gasteiger partial charge in [0, 0.05) is 11.1 Å². The molecule has 0 aliphatic heterocycles. The minimum atomic E-state index is -4.34. The van der Waals surface area contributed by atoms with Crippen LogP contribution in [0.5, 0.6) is 0 Å². The van der Waals surface area contributed by atoms with Crippen LogP contribution in [0.2, 0.25) is 0 Å². The first-order chi connectivity index (χ1) is 6.78. The summed E-state index contributed by atoms with van der Waals surface area (Å²) in [6.45, 7) is 2.89. The van der Waals surface area contributed by atoms with E-state index < -0.39 is 34.4 Å². The van der Waals surface area contributed by atoms with Crippen LogP contribution in [-0.4, -0.2) is 5.92 Å². The number of benzene rings is 1. The van der Waals surface area contributed by atoms with E-state index in [1.165, 1.54) is 0 Å². The van der Waals surface area contributed by atoms with Crippen LogP contribution >= 0.6 is 0 Å². The van der Waals surface area contributed by atoms with Crippen molar-refractivity contribution in [3.63, 3.8) is 0 Å². The Morgan fingerprint density at radius 3 is 2.20 bits per heavy atom. The zero-order valence-corrected chi connectivity index (χ0v) is 7.33. The fourth-order valence-electron chi connectivity index (χ4n) is 1.57. The van der Waals surface area contributed by atoms with Gasteiger partial charge in [0.15, 0.2) is 0 Å². The quantitative estimate of drug-likeness (QED) is 0.586. The Hall–Kier alpha value is -1.39. The predicted molar refractivity (Wildman–Crippen MR) is 44.3 cm³/mol. The van der Waals surface area contributed by atoms with Gasteiger partial charge in [0.2, 0.25) is 0 Å². The summed E-state index contributed by atoms with van der Waals surface area (Å²) in [5.41, 5.74) is -2.43. The lowest BCUT2D eigenvalue weighted by Gasteiger charge is -2.19. The smallest absolute Gasteiger partial charge is 0.207 e. The predicted octanol–water partition coefficient (Wildman–Crippen LogP) is 3.58. The molecule has 15 heavy (non-hydrogen) atoms. The van der Waals surface area contributed by atoms with Crippen LogP contribution in [0.3, 0.4) is 0 Å². The van der Waals surface area contributed by atoms with Crippen molar-refractivity contribution in [3.05, 3.63) is 41.7 Å². The van der Waals surface area contributed by atoms with Gasteiger partial charge in [-0.25, -0.2) is 4.39 Å². The third-order valence-corrected chi connectivity index (χ3v) is 2.42. The van der Waals surface area contributed by atoms with Crippen LogP contribution in [0.25, 0.3) is 5.57 Å². The minimum absolute atomic E-state index is 0.509. The molecule has 0 radical (unpaired) electrons. The first-order valence-electron chi connectivity index (χ1n) is 4.04. The molecule has 0 fully saturated rings. The van der Waals surface area contributed by atoms with Crippen molar-refractivity contribution >= 4 is 5.57 Å². The lowest BCUT2D eigenvalue weighted by Crippen LogP contribution is -2.32. The van der Waals surface area contributed by atoms with E-state index in [2.05, 4.69) is 6.58 Å². The molecule has 1 aliphatic carbocycles. The molecule has 1 aromatic rings. The molecule has 0 nitrogen and oxygen atoms in total. The second-order valence-corrected chi connectivity index (χ2v) is 3.32. The fourth-order valence-corrected chi connectivity index (χ4v) is 1.57. The Morgan fingerprint density at radius 1 is 1.00 bits per heavy atom. The molecule has 0 atom stereocenters. The fraction of sp³-hybridized carbons (Fsp3) is 0.200. The zero-order valence-electron chi connectivity index (χ0n) is 7.33. The summed E-state index contributed by atoms with van der Waals surface area (Å²) in [6.07, 6.45) is 0. The summed E-state index contributed by atoms with van der Waals surface area (Å²) in [7, 11) is 0. The third-order valence-electron chi connectivity index (χ3n) is 2.42. The van der Waals surface area contributed by atoms with E-state index in [-0.39, 0.29) is 0 Å². The van der Waals surface area contributed by atoms with Gasteiger partial charge in [-0.3, -0.25) is 0 Å². The minimum Gasteiger partial charge on any atom is -0.207 e. The topological polar surface area (TPSA) is 0 Å². The Bertz CT molecular complexity index is 447. The van der Waals surface area contributed by atoms with E-state index in [1.54, 1.807) is 0 Å². The molecular formula is C10H5F5. The molecule has 0 saturated heterocycles. The molecule has 0 amide bonds. The Labute approximate surface area is 82.0 Å². The Kier molecular flexibility index (Phi) is 1.75. The molecular weight excluding hydrogens is 215 g/mol. The molecule has 0 unspecified atom stereocenters. The largest absolute Gasteiger partial charge is 0.340 e. The number of hydrogen-bond acceptors (Lipinski definition) is 0. The van der Waals surface area contributed by atoms with Crippen LogP contribution in [0, 0.1) is 5.82 Å². The van der Waals surface area contributed by atoms with Crippen molar-refractivity contribution in [2.75, 3.05) is 0 Å². The van der Waals surface area contributed by atoms with Gasteiger partial charge in [-0.15, -0.1) is 0 Å². The second-order valence-electron chi connectivity index (χ2n) is 3.32. The van der Waals surface area contributed by atoms with Gasteiger partial charge in [-0.05, 0) is 23.8 Å². The standard InChI is InChI=1S/C10H5F5/c1-5-7-4-6(11)2-3-8(7)10(14,15)9(5,12)13/h2-4H,1H2. The normalized spacial score (nSPS) is 21.5. The average molecular weight is 220 g/mol.